The third kappa shape index (κ3) is 2.95. The summed E-state index contributed by atoms with van der Waals surface area (Å²) in [6, 6.07) is 11.2. The minimum atomic E-state index is -0.592. The van der Waals surface area contributed by atoms with Gasteiger partial charge in [0.25, 0.3) is 11.6 Å². The Morgan fingerprint density at radius 1 is 1.25 bits per heavy atom. The van der Waals surface area contributed by atoms with Gasteiger partial charge >= 0.3 is 0 Å². The van der Waals surface area contributed by atoms with Gasteiger partial charge in [0, 0.05) is 17.3 Å². The fraction of sp³-hybridized carbons (Fsp3) is 0.0714. The predicted molar refractivity (Wildman–Crippen MR) is 77.2 cm³/mol. The van der Waals surface area contributed by atoms with E-state index in [4.69, 9.17) is 11.6 Å². The number of amides is 1. The molecular weight excluding hydrogens is 280 g/mol. The van der Waals surface area contributed by atoms with E-state index in [0.29, 0.717) is 11.3 Å². The van der Waals surface area contributed by atoms with Crippen LogP contribution < -0.4 is 5.32 Å². The fourth-order valence-corrected chi connectivity index (χ4v) is 1.94. The number of carbonyl (C=O) groups is 1. The molecule has 0 fully saturated rings. The Labute approximate surface area is 120 Å². The summed E-state index contributed by atoms with van der Waals surface area (Å²) in [6.07, 6.45) is 0. The minimum Gasteiger partial charge on any atom is -0.322 e. The highest BCUT2D eigenvalue weighted by Gasteiger charge is 2.15. The highest BCUT2D eigenvalue weighted by Crippen LogP contribution is 2.27. The Hall–Kier alpha value is -2.40. The van der Waals surface area contributed by atoms with Crippen LogP contribution in [0.4, 0.5) is 11.4 Å². The maximum atomic E-state index is 12.1. The van der Waals surface area contributed by atoms with Crippen molar-refractivity contribution in [1.82, 2.24) is 0 Å². The highest BCUT2D eigenvalue weighted by molar-refractivity contribution is 6.32. The second kappa shape index (κ2) is 5.71. The first kappa shape index (κ1) is 14.0. The van der Waals surface area contributed by atoms with Crippen molar-refractivity contribution in [1.29, 1.82) is 0 Å². The summed E-state index contributed by atoms with van der Waals surface area (Å²) in [5, 5.41) is 13.4. The summed E-state index contributed by atoms with van der Waals surface area (Å²) in [6.45, 7) is 1.82. The molecular formula is C14H11ClN2O3. The molecule has 0 spiro atoms. The molecule has 0 aliphatic rings. The van der Waals surface area contributed by atoms with Crippen molar-refractivity contribution in [2.75, 3.05) is 5.32 Å². The molecule has 20 heavy (non-hydrogen) atoms. The molecule has 0 aromatic heterocycles. The molecule has 2 rings (SSSR count). The molecule has 1 N–H and O–H groups in total. The molecule has 0 aliphatic carbocycles. The number of halogens is 1. The standard InChI is InChI=1S/C14H11ClN2O3/c1-9-4-2-3-5-11(9)14(18)16-10-6-7-12(15)13(8-10)17(19)20/h2-8H,1H3,(H,16,18). The van der Waals surface area contributed by atoms with E-state index in [0.717, 1.165) is 5.56 Å². The van der Waals surface area contributed by atoms with E-state index in [1.54, 1.807) is 12.1 Å². The van der Waals surface area contributed by atoms with E-state index in [2.05, 4.69) is 5.32 Å². The second-order valence-electron chi connectivity index (χ2n) is 4.19. The first-order valence-corrected chi connectivity index (χ1v) is 6.18. The van der Waals surface area contributed by atoms with E-state index < -0.39 is 4.92 Å². The lowest BCUT2D eigenvalue weighted by molar-refractivity contribution is -0.384. The molecule has 0 atom stereocenters. The normalized spacial score (nSPS) is 10.1. The van der Waals surface area contributed by atoms with Crippen LogP contribution in [0.25, 0.3) is 0 Å². The largest absolute Gasteiger partial charge is 0.322 e. The molecule has 5 nitrogen and oxygen atoms in total. The number of aryl methyl sites for hydroxylation is 1. The van der Waals surface area contributed by atoms with Crippen LogP contribution in [0.5, 0.6) is 0 Å². The van der Waals surface area contributed by atoms with Crippen LogP contribution in [-0.4, -0.2) is 10.8 Å². The maximum absolute atomic E-state index is 12.1. The molecule has 0 unspecified atom stereocenters. The number of benzene rings is 2. The lowest BCUT2D eigenvalue weighted by Gasteiger charge is -2.07. The Morgan fingerprint density at radius 2 is 1.95 bits per heavy atom. The number of nitrogens with one attached hydrogen (secondary N) is 1. The summed E-state index contributed by atoms with van der Waals surface area (Å²) < 4.78 is 0. The number of nitrogens with zero attached hydrogens (tertiary/aromatic N) is 1. The monoisotopic (exact) mass is 290 g/mol. The number of rotatable bonds is 3. The van der Waals surface area contributed by atoms with Gasteiger partial charge in [0.1, 0.15) is 5.02 Å². The Bertz CT molecular complexity index is 686. The zero-order valence-corrected chi connectivity index (χ0v) is 11.3. The van der Waals surface area contributed by atoms with Crippen molar-refractivity contribution in [2.45, 2.75) is 6.92 Å². The number of carbonyl (C=O) groups excluding carboxylic acids is 1. The summed E-state index contributed by atoms with van der Waals surface area (Å²) in [7, 11) is 0. The Morgan fingerprint density at radius 3 is 2.60 bits per heavy atom. The van der Waals surface area contributed by atoms with Crippen molar-refractivity contribution in [2.24, 2.45) is 0 Å². The van der Waals surface area contributed by atoms with Crippen LogP contribution in [0.1, 0.15) is 15.9 Å². The van der Waals surface area contributed by atoms with Crippen LogP contribution >= 0.6 is 11.6 Å². The topological polar surface area (TPSA) is 72.2 Å². The molecule has 0 saturated heterocycles. The van der Waals surface area contributed by atoms with Crippen LogP contribution in [0.3, 0.4) is 0 Å². The van der Waals surface area contributed by atoms with E-state index in [1.165, 1.54) is 18.2 Å². The van der Waals surface area contributed by atoms with Gasteiger partial charge in [-0.3, -0.25) is 14.9 Å². The van der Waals surface area contributed by atoms with Crippen molar-refractivity contribution < 1.29 is 9.72 Å². The van der Waals surface area contributed by atoms with Gasteiger partial charge in [0.05, 0.1) is 4.92 Å². The quantitative estimate of drug-likeness (QED) is 0.690. The molecule has 2 aromatic carbocycles. The number of hydrogen-bond acceptors (Lipinski definition) is 3. The average molecular weight is 291 g/mol. The van der Waals surface area contributed by atoms with Gasteiger partial charge in [0.2, 0.25) is 0 Å². The first-order chi connectivity index (χ1) is 9.49. The predicted octanol–water partition coefficient (Wildman–Crippen LogP) is 3.81. The minimum absolute atomic E-state index is 0.0314. The third-order valence-corrected chi connectivity index (χ3v) is 3.11. The molecule has 0 bridgehead atoms. The molecule has 6 heteroatoms. The van der Waals surface area contributed by atoms with Gasteiger partial charge in [-0.25, -0.2) is 0 Å². The number of nitro benzene ring substituents is 1. The highest BCUT2D eigenvalue weighted by atomic mass is 35.5. The molecule has 0 aliphatic heterocycles. The number of anilines is 1. The lowest BCUT2D eigenvalue weighted by atomic mass is 10.1. The first-order valence-electron chi connectivity index (χ1n) is 5.80. The SMILES string of the molecule is Cc1ccccc1C(=O)Nc1ccc(Cl)c([N+](=O)[O-])c1. The van der Waals surface area contributed by atoms with Crippen LogP contribution in [0, 0.1) is 17.0 Å². The van der Waals surface area contributed by atoms with Gasteiger partial charge in [-0.2, -0.15) is 0 Å². The summed E-state index contributed by atoms with van der Waals surface area (Å²) in [5.74, 6) is -0.320. The van der Waals surface area contributed by atoms with E-state index in [-0.39, 0.29) is 16.6 Å². The molecule has 102 valence electrons. The molecule has 0 radical (unpaired) electrons. The van der Waals surface area contributed by atoms with Gasteiger partial charge < -0.3 is 5.32 Å². The molecule has 2 aromatic rings. The molecule has 0 saturated carbocycles. The summed E-state index contributed by atoms with van der Waals surface area (Å²) >= 11 is 5.72. The van der Waals surface area contributed by atoms with E-state index >= 15 is 0 Å². The zero-order valence-electron chi connectivity index (χ0n) is 10.6. The van der Waals surface area contributed by atoms with Crippen molar-refractivity contribution in [3.63, 3.8) is 0 Å². The number of hydrogen-bond donors (Lipinski definition) is 1. The number of nitro groups is 1. The van der Waals surface area contributed by atoms with Crippen LogP contribution in [0.2, 0.25) is 5.02 Å². The summed E-state index contributed by atoms with van der Waals surface area (Å²) in [4.78, 5) is 22.3. The van der Waals surface area contributed by atoms with Crippen LogP contribution in [-0.2, 0) is 0 Å². The van der Waals surface area contributed by atoms with E-state index in [9.17, 15) is 14.9 Å². The average Bonchev–Trinajstić information content (AvgIpc) is 2.41. The van der Waals surface area contributed by atoms with E-state index in [1.807, 2.05) is 19.1 Å². The van der Waals surface area contributed by atoms with Crippen LogP contribution in [0.15, 0.2) is 42.5 Å². The van der Waals surface area contributed by atoms with Gasteiger partial charge in [-0.05, 0) is 30.7 Å². The Kier molecular flexibility index (Phi) is 4.00. The van der Waals surface area contributed by atoms with Crippen molar-refractivity contribution in [3.8, 4) is 0 Å². The fourth-order valence-electron chi connectivity index (χ4n) is 1.76. The molecule has 0 heterocycles. The maximum Gasteiger partial charge on any atom is 0.289 e. The Balaban J connectivity index is 2.27. The van der Waals surface area contributed by atoms with Crippen molar-refractivity contribution in [3.05, 3.63) is 68.7 Å². The smallest absolute Gasteiger partial charge is 0.289 e. The summed E-state index contributed by atoms with van der Waals surface area (Å²) in [5.41, 5.74) is 1.43. The van der Waals surface area contributed by atoms with Gasteiger partial charge in [0.15, 0.2) is 0 Å². The van der Waals surface area contributed by atoms with Gasteiger partial charge in [-0.1, -0.05) is 29.8 Å². The molecule has 1 amide bonds. The second-order valence-corrected chi connectivity index (χ2v) is 4.60. The third-order valence-electron chi connectivity index (χ3n) is 2.79. The zero-order chi connectivity index (χ0) is 14.7. The van der Waals surface area contributed by atoms with Crippen molar-refractivity contribution >= 4 is 28.9 Å². The van der Waals surface area contributed by atoms with Gasteiger partial charge in [-0.15, -0.1) is 0 Å². The lowest BCUT2D eigenvalue weighted by Crippen LogP contribution is -2.13.